The zero-order chi connectivity index (χ0) is 18.7. The molecule has 1 aliphatic heterocycles. The normalized spacial score (nSPS) is 20.6. The lowest BCUT2D eigenvalue weighted by Crippen LogP contribution is -2.33. The van der Waals surface area contributed by atoms with Gasteiger partial charge in [0.25, 0.3) is 0 Å². The number of amides is 1. The van der Waals surface area contributed by atoms with Gasteiger partial charge in [-0.2, -0.15) is 0 Å². The monoisotopic (exact) mass is 353 g/mol. The molecule has 0 saturated carbocycles. The molecule has 0 radical (unpaired) electrons. The number of methoxy groups -OCH3 is 1. The summed E-state index contributed by atoms with van der Waals surface area (Å²) < 4.78 is 5.15. The van der Waals surface area contributed by atoms with Crippen LogP contribution in [0.3, 0.4) is 0 Å². The average molecular weight is 353 g/mol. The van der Waals surface area contributed by atoms with Crippen LogP contribution in [-0.4, -0.2) is 42.1 Å². The molecule has 136 valence electrons. The summed E-state index contributed by atoms with van der Waals surface area (Å²) >= 11 is 0. The summed E-state index contributed by atoms with van der Waals surface area (Å²) in [7, 11) is 1.60. The third kappa shape index (κ3) is 3.57. The number of carbonyl (C=O) groups excluding carboxylic acids is 1. The van der Waals surface area contributed by atoms with Crippen molar-refractivity contribution in [3.63, 3.8) is 0 Å². The summed E-state index contributed by atoms with van der Waals surface area (Å²) in [5.41, 5.74) is 1.86. The number of carboxylic acids is 1. The number of aliphatic carboxylic acids is 1. The smallest absolute Gasteiger partial charge is 0.308 e. The SMILES string of the molecule is COc1ccc(C(C)C(=O)N2CC(C(=O)O)C(c3ccccc3)C2)cc1. The van der Waals surface area contributed by atoms with Crippen LogP contribution in [0.15, 0.2) is 54.6 Å². The van der Waals surface area contributed by atoms with Gasteiger partial charge in [-0.05, 0) is 30.2 Å². The predicted octanol–water partition coefficient (Wildman–Crippen LogP) is 3.13. The highest BCUT2D eigenvalue weighted by molar-refractivity contribution is 5.85. The summed E-state index contributed by atoms with van der Waals surface area (Å²) in [5.74, 6) is -1.24. The van der Waals surface area contributed by atoms with E-state index >= 15 is 0 Å². The van der Waals surface area contributed by atoms with Crippen LogP contribution in [-0.2, 0) is 9.59 Å². The Labute approximate surface area is 153 Å². The van der Waals surface area contributed by atoms with E-state index in [0.717, 1.165) is 16.9 Å². The molecule has 0 spiro atoms. The molecular formula is C21H23NO4. The Hall–Kier alpha value is -2.82. The van der Waals surface area contributed by atoms with Gasteiger partial charge in [0.05, 0.1) is 18.9 Å². The van der Waals surface area contributed by atoms with Crippen molar-refractivity contribution >= 4 is 11.9 Å². The molecule has 26 heavy (non-hydrogen) atoms. The first-order valence-electron chi connectivity index (χ1n) is 8.71. The number of likely N-dealkylation sites (tertiary alicyclic amines) is 1. The van der Waals surface area contributed by atoms with Crippen LogP contribution in [0.5, 0.6) is 5.75 Å². The Balaban J connectivity index is 1.78. The average Bonchev–Trinajstić information content (AvgIpc) is 3.13. The van der Waals surface area contributed by atoms with Crippen LogP contribution in [0.4, 0.5) is 0 Å². The Morgan fingerprint density at radius 1 is 1.08 bits per heavy atom. The van der Waals surface area contributed by atoms with Crippen molar-refractivity contribution in [2.45, 2.75) is 18.8 Å². The molecule has 1 amide bonds. The lowest BCUT2D eigenvalue weighted by atomic mass is 9.89. The van der Waals surface area contributed by atoms with E-state index in [2.05, 4.69) is 0 Å². The van der Waals surface area contributed by atoms with E-state index in [1.165, 1.54) is 0 Å². The first-order chi connectivity index (χ1) is 12.5. The van der Waals surface area contributed by atoms with Crippen molar-refractivity contribution in [2.24, 2.45) is 5.92 Å². The van der Waals surface area contributed by atoms with Gasteiger partial charge in [-0.1, -0.05) is 42.5 Å². The zero-order valence-corrected chi connectivity index (χ0v) is 15.0. The number of hydrogen-bond donors (Lipinski definition) is 1. The van der Waals surface area contributed by atoms with Crippen molar-refractivity contribution in [1.82, 2.24) is 4.90 Å². The molecule has 0 bridgehead atoms. The van der Waals surface area contributed by atoms with Crippen LogP contribution in [0.2, 0.25) is 0 Å². The van der Waals surface area contributed by atoms with Gasteiger partial charge in [-0.25, -0.2) is 0 Å². The number of carbonyl (C=O) groups is 2. The van der Waals surface area contributed by atoms with Gasteiger partial charge in [0.2, 0.25) is 5.91 Å². The fraction of sp³-hybridized carbons (Fsp3) is 0.333. The van der Waals surface area contributed by atoms with Gasteiger partial charge < -0.3 is 14.7 Å². The first-order valence-corrected chi connectivity index (χ1v) is 8.71. The number of ether oxygens (including phenoxy) is 1. The van der Waals surface area contributed by atoms with E-state index in [4.69, 9.17) is 4.74 Å². The highest BCUT2D eigenvalue weighted by atomic mass is 16.5. The molecule has 1 saturated heterocycles. The molecular weight excluding hydrogens is 330 g/mol. The molecule has 0 aromatic heterocycles. The summed E-state index contributed by atoms with van der Waals surface area (Å²) in [6.07, 6.45) is 0. The quantitative estimate of drug-likeness (QED) is 0.897. The summed E-state index contributed by atoms with van der Waals surface area (Å²) in [4.78, 5) is 26.3. The molecule has 1 N–H and O–H groups in total. The highest BCUT2D eigenvalue weighted by Crippen LogP contribution is 2.34. The molecule has 5 nitrogen and oxygen atoms in total. The van der Waals surface area contributed by atoms with Gasteiger partial charge in [-0.3, -0.25) is 9.59 Å². The minimum absolute atomic E-state index is 0.0418. The number of hydrogen-bond acceptors (Lipinski definition) is 3. The number of rotatable bonds is 5. The molecule has 3 unspecified atom stereocenters. The van der Waals surface area contributed by atoms with Crippen molar-refractivity contribution in [2.75, 3.05) is 20.2 Å². The fourth-order valence-electron chi connectivity index (χ4n) is 3.58. The van der Waals surface area contributed by atoms with Gasteiger partial charge >= 0.3 is 5.97 Å². The number of nitrogens with zero attached hydrogens (tertiary/aromatic N) is 1. The highest BCUT2D eigenvalue weighted by Gasteiger charge is 2.41. The molecule has 0 aliphatic carbocycles. The maximum absolute atomic E-state index is 12.9. The van der Waals surface area contributed by atoms with E-state index in [1.54, 1.807) is 12.0 Å². The van der Waals surface area contributed by atoms with Crippen LogP contribution in [0, 0.1) is 5.92 Å². The second-order valence-electron chi connectivity index (χ2n) is 6.70. The zero-order valence-electron chi connectivity index (χ0n) is 15.0. The Bertz CT molecular complexity index is 772. The maximum Gasteiger partial charge on any atom is 0.308 e. The number of carboxylic acid groups (broad SMARTS) is 1. The van der Waals surface area contributed by atoms with E-state index in [9.17, 15) is 14.7 Å². The van der Waals surface area contributed by atoms with E-state index in [0.29, 0.717) is 6.54 Å². The van der Waals surface area contributed by atoms with Crippen LogP contribution in [0.25, 0.3) is 0 Å². The minimum atomic E-state index is -0.855. The molecule has 1 fully saturated rings. The maximum atomic E-state index is 12.9. The van der Waals surface area contributed by atoms with Crippen LogP contribution < -0.4 is 4.74 Å². The second kappa shape index (κ2) is 7.60. The molecule has 3 atom stereocenters. The van der Waals surface area contributed by atoms with Gasteiger partial charge in [-0.15, -0.1) is 0 Å². The fourth-order valence-corrected chi connectivity index (χ4v) is 3.58. The van der Waals surface area contributed by atoms with Crippen molar-refractivity contribution in [1.29, 1.82) is 0 Å². The molecule has 3 rings (SSSR count). The summed E-state index contributed by atoms with van der Waals surface area (Å²) in [5, 5.41) is 9.61. The molecule has 5 heteroatoms. The van der Waals surface area contributed by atoms with Gasteiger partial charge in [0.1, 0.15) is 5.75 Å². The lowest BCUT2D eigenvalue weighted by molar-refractivity contribution is -0.141. The predicted molar refractivity (Wildman–Crippen MR) is 98.3 cm³/mol. The largest absolute Gasteiger partial charge is 0.497 e. The second-order valence-corrected chi connectivity index (χ2v) is 6.70. The van der Waals surface area contributed by atoms with Crippen molar-refractivity contribution < 1.29 is 19.4 Å². The topological polar surface area (TPSA) is 66.8 Å². The molecule has 1 aliphatic rings. The van der Waals surface area contributed by atoms with Crippen molar-refractivity contribution in [3.8, 4) is 5.75 Å². The third-order valence-electron chi connectivity index (χ3n) is 5.16. The molecule has 2 aromatic carbocycles. The Morgan fingerprint density at radius 3 is 2.31 bits per heavy atom. The van der Waals surface area contributed by atoms with Crippen LogP contribution >= 0.6 is 0 Å². The lowest BCUT2D eigenvalue weighted by Gasteiger charge is -2.21. The third-order valence-corrected chi connectivity index (χ3v) is 5.16. The van der Waals surface area contributed by atoms with E-state index in [-0.39, 0.29) is 24.3 Å². The minimum Gasteiger partial charge on any atom is -0.497 e. The Morgan fingerprint density at radius 2 is 1.73 bits per heavy atom. The van der Waals surface area contributed by atoms with E-state index < -0.39 is 11.9 Å². The molecule has 1 heterocycles. The van der Waals surface area contributed by atoms with Crippen LogP contribution in [0.1, 0.15) is 29.9 Å². The first kappa shape index (κ1) is 18.0. The van der Waals surface area contributed by atoms with Gasteiger partial charge in [0, 0.05) is 19.0 Å². The summed E-state index contributed by atoms with van der Waals surface area (Å²) in [6, 6.07) is 17.0. The summed E-state index contributed by atoms with van der Waals surface area (Å²) in [6.45, 7) is 2.53. The van der Waals surface area contributed by atoms with Crippen molar-refractivity contribution in [3.05, 3.63) is 65.7 Å². The molecule has 2 aromatic rings. The van der Waals surface area contributed by atoms with E-state index in [1.807, 2.05) is 61.5 Å². The number of benzene rings is 2. The Kier molecular flexibility index (Phi) is 5.26. The van der Waals surface area contributed by atoms with Gasteiger partial charge in [0.15, 0.2) is 0 Å². The standard InChI is InChI=1S/C21H23NO4/c1-14(15-8-10-17(26-2)11-9-15)20(23)22-12-18(19(13-22)21(24)25)16-6-4-3-5-7-16/h3-11,14,18-19H,12-13H2,1-2H3,(H,24,25).